The fraction of sp³-hybridized carbons (Fsp3) is 0.714. The zero-order valence-corrected chi connectivity index (χ0v) is 10.8. The summed E-state index contributed by atoms with van der Waals surface area (Å²) in [6.45, 7) is 9.54. The van der Waals surface area contributed by atoms with E-state index in [2.05, 4.69) is 39.8 Å². The van der Waals surface area contributed by atoms with Gasteiger partial charge in [0.2, 0.25) is 0 Å². The van der Waals surface area contributed by atoms with E-state index < -0.39 is 0 Å². The molecule has 0 aliphatic heterocycles. The van der Waals surface area contributed by atoms with Crippen molar-refractivity contribution < 1.29 is 0 Å². The van der Waals surface area contributed by atoms with E-state index in [-0.39, 0.29) is 0 Å². The molecule has 0 bridgehead atoms. The van der Waals surface area contributed by atoms with Crippen LogP contribution in [-0.2, 0) is 0 Å². The normalized spacial score (nSPS) is 15.5. The standard InChI is InChI=1S/C14H27N/c1-5-6-12(2)7-8-13(3)9-10-14(4)11-15/h9-10,12H,5-8,11,15H2,1-4H3/b13-9+,14-10-. The Labute approximate surface area is 95.4 Å². The molecule has 0 spiro atoms. The van der Waals surface area contributed by atoms with Gasteiger partial charge in [-0.15, -0.1) is 0 Å². The molecule has 0 aromatic rings. The summed E-state index contributed by atoms with van der Waals surface area (Å²) in [6.07, 6.45) is 9.53. The Kier molecular flexibility index (Phi) is 8.40. The van der Waals surface area contributed by atoms with E-state index >= 15 is 0 Å². The maximum absolute atomic E-state index is 5.52. The fourth-order valence-corrected chi connectivity index (χ4v) is 1.55. The summed E-state index contributed by atoms with van der Waals surface area (Å²) in [5.74, 6) is 0.859. The van der Waals surface area contributed by atoms with Gasteiger partial charge in [0, 0.05) is 6.54 Å². The highest BCUT2D eigenvalue weighted by Crippen LogP contribution is 2.16. The van der Waals surface area contributed by atoms with Crippen LogP contribution in [0.25, 0.3) is 0 Å². The van der Waals surface area contributed by atoms with E-state index in [9.17, 15) is 0 Å². The van der Waals surface area contributed by atoms with Crippen molar-refractivity contribution in [3.63, 3.8) is 0 Å². The maximum atomic E-state index is 5.52. The van der Waals surface area contributed by atoms with Crippen molar-refractivity contribution in [2.45, 2.75) is 53.4 Å². The molecular formula is C14H27N. The summed E-state index contributed by atoms with van der Waals surface area (Å²) >= 11 is 0. The molecule has 15 heavy (non-hydrogen) atoms. The summed E-state index contributed by atoms with van der Waals surface area (Å²) in [6, 6.07) is 0. The lowest BCUT2D eigenvalue weighted by Crippen LogP contribution is -1.99. The molecule has 0 amide bonds. The first kappa shape index (κ1) is 14.4. The van der Waals surface area contributed by atoms with Gasteiger partial charge in [-0.3, -0.25) is 0 Å². The van der Waals surface area contributed by atoms with E-state index in [1.165, 1.54) is 36.8 Å². The average molecular weight is 209 g/mol. The van der Waals surface area contributed by atoms with E-state index in [1.807, 2.05) is 0 Å². The Morgan fingerprint density at radius 1 is 1.13 bits per heavy atom. The minimum absolute atomic E-state index is 0.663. The van der Waals surface area contributed by atoms with Crippen LogP contribution in [-0.4, -0.2) is 6.54 Å². The molecular weight excluding hydrogens is 182 g/mol. The smallest absolute Gasteiger partial charge is 0.0137 e. The summed E-state index contributed by atoms with van der Waals surface area (Å²) in [5.41, 5.74) is 8.23. The van der Waals surface area contributed by atoms with Gasteiger partial charge in [-0.2, -0.15) is 0 Å². The van der Waals surface area contributed by atoms with E-state index in [0.29, 0.717) is 6.54 Å². The van der Waals surface area contributed by atoms with Gasteiger partial charge >= 0.3 is 0 Å². The molecule has 0 fully saturated rings. The largest absolute Gasteiger partial charge is 0.327 e. The van der Waals surface area contributed by atoms with Crippen molar-refractivity contribution in [2.24, 2.45) is 11.7 Å². The van der Waals surface area contributed by atoms with Crippen molar-refractivity contribution in [3.05, 3.63) is 23.3 Å². The third kappa shape index (κ3) is 8.44. The lowest BCUT2D eigenvalue weighted by atomic mass is 9.97. The molecule has 1 atom stereocenters. The molecule has 0 rings (SSSR count). The predicted octanol–water partition coefficient (Wildman–Crippen LogP) is 4.05. The predicted molar refractivity (Wildman–Crippen MR) is 69.9 cm³/mol. The third-order valence-corrected chi connectivity index (χ3v) is 2.79. The van der Waals surface area contributed by atoms with Crippen LogP contribution >= 0.6 is 0 Å². The lowest BCUT2D eigenvalue weighted by molar-refractivity contribution is 0.485. The van der Waals surface area contributed by atoms with Crippen molar-refractivity contribution in [1.82, 2.24) is 0 Å². The first-order chi connectivity index (χ1) is 7.10. The van der Waals surface area contributed by atoms with Crippen LogP contribution in [0.5, 0.6) is 0 Å². The molecule has 0 saturated carbocycles. The molecule has 0 aromatic carbocycles. The number of allylic oxidation sites excluding steroid dienone is 3. The van der Waals surface area contributed by atoms with Crippen molar-refractivity contribution in [1.29, 1.82) is 0 Å². The Morgan fingerprint density at radius 3 is 2.27 bits per heavy atom. The second-order valence-electron chi connectivity index (χ2n) is 4.66. The average Bonchev–Trinajstić information content (AvgIpc) is 2.23. The molecule has 0 saturated heterocycles. The van der Waals surface area contributed by atoms with Crippen molar-refractivity contribution in [3.8, 4) is 0 Å². The Morgan fingerprint density at radius 2 is 1.73 bits per heavy atom. The molecule has 0 aliphatic carbocycles. The number of hydrogen-bond acceptors (Lipinski definition) is 1. The molecule has 88 valence electrons. The van der Waals surface area contributed by atoms with Crippen LogP contribution in [0.2, 0.25) is 0 Å². The first-order valence-electron chi connectivity index (χ1n) is 6.13. The SMILES string of the molecule is CCCC(C)CC/C(C)=C/C=C(/C)CN. The topological polar surface area (TPSA) is 26.0 Å². The molecule has 0 radical (unpaired) electrons. The van der Waals surface area contributed by atoms with Gasteiger partial charge in [0.15, 0.2) is 0 Å². The number of rotatable bonds is 7. The second kappa shape index (κ2) is 8.72. The molecule has 1 unspecified atom stereocenters. The van der Waals surface area contributed by atoms with Gasteiger partial charge in [-0.25, -0.2) is 0 Å². The van der Waals surface area contributed by atoms with Crippen molar-refractivity contribution in [2.75, 3.05) is 6.54 Å². The first-order valence-corrected chi connectivity index (χ1v) is 6.13. The zero-order valence-electron chi connectivity index (χ0n) is 10.8. The van der Waals surface area contributed by atoms with Crippen LogP contribution in [0, 0.1) is 5.92 Å². The monoisotopic (exact) mass is 209 g/mol. The third-order valence-electron chi connectivity index (χ3n) is 2.79. The molecule has 1 heteroatoms. The zero-order chi connectivity index (χ0) is 11.7. The molecule has 0 aromatic heterocycles. The molecule has 0 heterocycles. The molecule has 2 N–H and O–H groups in total. The number of hydrogen-bond donors (Lipinski definition) is 1. The summed E-state index contributed by atoms with van der Waals surface area (Å²) in [5, 5.41) is 0. The van der Waals surface area contributed by atoms with Crippen molar-refractivity contribution >= 4 is 0 Å². The van der Waals surface area contributed by atoms with Crippen LogP contribution < -0.4 is 5.73 Å². The van der Waals surface area contributed by atoms with Crippen LogP contribution in [0.15, 0.2) is 23.3 Å². The van der Waals surface area contributed by atoms with Gasteiger partial charge < -0.3 is 5.73 Å². The summed E-state index contributed by atoms with van der Waals surface area (Å²) in [7, 11) is 0. The highest BCUT2D eigenvalue weighted by Gasteiger charge is 2.00. The van der Waals surface area contributed by atoms with E-state index in [0.717, 1.165) is 5.92 Å². The molecule has 1 nitrogen and oxygen atoms in total. The quantitative estimate of drug-likeness (QED) is 0.629. The van der Waals surface area contributed by atoms with Crippen LogP contribution in [0.1, 0.15) is 53.4 Å². The maximum Gasteiger partial charge on any atom is 0.0137 e. The van der Waals surface area contributed by atoms with Crippen LogP contribution in [0.4, 0.5) is 0 Å². The Bertz CT molecular complexity index is 213. The highest BCUT2D eigenvalue weighted by molar-refractivity contribution is 5.16. The van der Waals surface area contributed by atoms with E-state index in [4.69, 9.17) is 5.73 Å². The lowest BCUT2D eigenvalue weighted by Gasteiger charge is -2.09. The van der Waals surface area contributed by atoms with Gasteiger partial charge in [0.25, 0.3) is 0 Å². The highest BCUT2D eigenvalue weighted by atomic mass is 14.5. The van der Waals surface area contributed by atoms with E-state index in [1.54, 1.807) is 0 Å². The number of nitrogens with two attached hydrogens (primary N) is 1. The Hall–Kier alpha value is -0.560. The minimum Gasteiger partial charge on any atom is -0.327 e. The summed E-state index contributed by atoms with van der Waals surface area (Å²) in [4.78, 5) is 0. The van der Waals surface area contributed by atoms with Gasteiger partial charge in [-0.05, 0) is 32.6 Å². The van der Waals surface area contributed by atoms with Gasteiger partial charge in [0.1, 0.15) is 0 Å². The summed E-state index contributed by atoms with van der Waals surface area (Å²) < 4.78 is 0. The minimum atomic E-state index is 0.663. The fourth-order valence-electron chi connectivity index (χ4n) is 1.55. The molecule has 0 aliphatic rings. The van der Waals surface area contributed by atoms with Gasteiger partial charge in [-0.1, -0.05) is 50.0 Å². The van der Waals surface area contributed by atoms with Crippen LogP contribution in [0.3, 0.4) is 0 Å². The second-order valence-corrected chi connectivity index (χ2v) is 4.66. The Balaban J connectivity index is 3.87. The van der Waals surface area contributed by atoms with Gasteiger partial charge in [0.05, 0.1) is 0 Å².